The highest BCUT2D eigenvalue weighted by Crippen LogP contribution is 2.56. The summed E-state index contributed by atoms with van der Waals surface area (Å²) in [6.45, 7) is 7.74. The largest absolute Gasteiger partial charge is 0.407 e. The van der Waals surface area contributed by atoms with Crippen LogP contribution < -0.4 is 5.32 Å². The molecule has 10 heteroatoms. The molecule has 3 atom stereocenters. The molecule has 0 bridgehead atoms. The van der Waals surface area contributed by atoms with Crippen molar-refractivity contribution in [1.29, 1.82) is 0 Å². The molecular weight excluding hydrogens is 377 g/mol. The second kappa shape index (κ2) is 8.27. The van der Waals surface area contributed by atoms with Gasteiger partial charge in [-0.05, 0) is 26.4 Å². The summed E-state index contributed by atoms with van der Waals surface area (Å²) in [6, 6.07) is 0. The number of carbonyl (C=O) groups excluding carboxylic acids is 2. The van der Waals surface area contributed by atoms with Gasteiger partial charge in [0.2, 0.25) is 0 Å². The van der Waals surface area contributed by atoms with Crippen LogP contribution in [-0.2, 0) is 23.2 Å². The summed E-state index contributed by atoms with van der Waals surface area (Å²) in [4.78, 5) is 24.3. The van der Waals surface area contributed by atoms with E-state index in [0.717, 1.165) is 18.2 Å². The standard InChI is InChI=1S/C16H26N3O5PS/c1-12-10-16(12,19-7-6-15(21)17-13(19)2)11-24-25(22,18(4)5)23-8-9-26-14(3)20/h6-7,12H,2,8-11H2,1,3-5H3,(H,17,21). The van der Waals surface area contributed by atoms with Crippen molar-refractivity contribution >= 4 is 30.5 Å². The Hall–Kier alpha value is -1.12. The van der Waals surface area contributed by atoms with Gasteiger partial charge in [-0.1, -0.05) is 25.3 Å². The summed E-state index contributed by atoms with van der Waals surface area (Å²) in [7, 11) is -0.223. The van der Waals surface area contributed by atoms with Crippen molar-refractivity contribution in [3.63, 3.8) is 0 Å². The zero-order valence-corrected chi connectivity index (χ0v) is 17.3. The Kier molecular flexibility index (Phi) is 6.74. The Morgan fingerprint density at radius 3 is 2.69 bits per heavy atom. The molecule has 0 aromatic rings. The number of hydrogen-bond acceptors (Lipinski definition) is 7. The lowest BCUT2D eigenvalue weighted by molar-refractivity contribution is -0.117. The van der Waals surface area contributed by atoms with Gasteiger partial charge in [0.1, 0.15) is 5.82 Å². The minimum absolute atomic E-state index is 0.0163. The van der Waals surface area contributed by atoms with Gasteiger partial charge in [-0.25, -0.2) is 9.24 Å². The first kappa shape index (κ1) is 21.2. The van der Waals surface area contributed by atoms with Crippen molar-refractivity contribution in [3.8, 4) is 0 Å². The maximum Gasteiger partial charge on any atom is 0.407 e. The smallest absolute Gasteiger partial charge is 0.326 e. The van der Waals surface area contributed by atoms with E-state index in [4.69, 9.17) is 9.05 Å². The first-order valence-electron chi connectivity index (χ1n) is 8.28. The van der Waals surface area contributed by atoms with E-state index in [-0.39, 0.29) is 30.2 Å². The SMILES string of the molecule is C=C1NC(=O)C=CN1C1(COP(=O)(OCCSC(C)=O)N(C)C)CC1C. The van der Waals surface area contributed by atoms with Crippen molar-refractivity contribution < 1.29 is 23.2 Å². The number of rotatable bonds is 9. The molecule has 1 saturated carbocycles. The van der Waals surface area contributed by atoms with Gasteiger partial charge in [0.25, 0.3) is 5.91 Å². The average Bonchev–Trinajstić information content (AvgIpc) is 3.20. The monoisotopic (exact) mass is 403 g/mol. The fraction of sp³-hybridized carbons (Fsp3) is 0.625. The molecule has 26 heavy (non-hydrogen) atoms. The topological polar surface area (TPSA) is 88.2 Å². The molecule has 0 saturated heterocycles. The minimum atomic E-state index is -3.48. The van der Waals surface area contributed by atoms with E-state index in [1.807, 2.05) is 4.90 Å². The predicted molar refractivity (Wildman–Crippen MR) is 101 cm³/mol. The molecule has 1 amide bonds. The lowest BCUT2D eigenvalue weighted by Crippen LogP contribution is -2.45. The highest BCUT2D eigenvalue weighted by Gasteiger charge is 2.57. The summed E-state index contributed by atoms with van der Waals surface area (Å²) in [6.07, 6.45) is 3.93. The van der Waals surface area contributed by atoms with Crippen molar-refractivity contribution in [1.82, 2.24) is 14.9 Å². The maximum atomic E-state index is 13.0. The molecule has 2 aliphatic rings. The molecule has 146 valence electrons. The Bertz CT molecular complexity index is 668. The fourth-order valence-corrected chi connectivity index (χ4v) is 4.59. The zero-order chi connectivity index (χ0) is 19.5. The number of hydrogen-bond donors (Lipinski definition) is 1. The van der Waals surface area contributed by atoms with Crippen molar-refractivity contribution in [2.24, 2.45) is 5.92 Å². The van der Waals surface area contributed by atoms with Crippen LogP contribution in [0.25, 0.3) is 0 Å². The molecule has 1 aliphatic carbocycles. The average molecular weight is 403 g/mol. The van der Waals surface area contributed by atoms with E-state index in [2.05, 4.69) is 18.8 Å². The molecule has 0 spiro atoms. The van der Waals surface area contributed by atoms with Crippen LogP contribution in [0, 0.1) is 5.92 Å². The van der Waals surface area contributed by atoms with Gasteiger partial charge in [-0.15, -0.1) is 0 Å². The molecule has 8 nitrogen and oxygen atoms in total. The third-order valence-corrected chi connectivity index (χ3v) is 7.16. The van der Waals surface area contributed by atoms with E-state index in [9.17, 15) is 14.2 Å². The van der Waals surface area contributed by atoms with Crippen LogP contribution in [0.3, 0.4) is 0 Å². The van der Waals surface area contributed by atoms with Crippen molar-refractivity contribution in [2.45, 2.75) is 25.8 Å². The number of nitrogens with zero attached hydrogens (tertiary/aromatic N) is 2. The summed E-state index contributed by atoms with van der Waals surface area (Å²) < 4.78 is 25.7. The molecule has 1 N–H and O–H groups in total. The van der Waals surface area contributed by atoms with Gasteiger partial charge < -0.3 is 10.2 Å². The van der Waals surface area contributed by atoms with Gasteiger partial charge in [0.15, 0.2) is 5.12 Å². The van der Waals surface area contributed by atoms with Crippen molar-refractivity contribution in [2.75, 3.05) is 33.1 Å². The van der Waals surface area contributed by atoms with Gasteiger partial charge in [0, 0.05) is 25.0 Å². The van der Waals surface area contributed by atoms with Crippen molar-refractivity contribution in [3.05, 3.63) is 24.7 Å². The molecule has 0 aromatic heterocycles. The summed E-state index contributed by atoms with van der Waals surface area (Å²) in [5.74, 6) is 0.947. The van der Waals surface area contributed by atoms with E-state index < -0.39 is 13.3 Å². The normalized spacial score (nSPS) is 27.4. The molecule has 3 unspecified atom stereocenters. The van der Waals surface area contributed by atoms with Crippen LogP contribution in [0.2, 0.25) is 0 Å². The fourth-order valence-electron chi connectivity index (χ4n) is 2.77. The second-order valence-corrected chi connectivity index (χ2v) is 10.1. The molecule has 2 rings (SSSR count). The van der Waals surface area contributed by atoms with Gasteiger partial charge in [-0.2, -0.15) is 0 Å². The van der Waals surface area contributed by atoms with Crippen LogP contribution in [0.5, 0.6) is 0 Å². The predicted octanol–water partition coefficient (Wildman–Crippen LogP) is 2.16. The van der Waals surface area contributed by atoms with Gasteiger partial charge in [-0.3, -0.25) is 18.6 Å². The lowest BCUT2D eigenvalue weighted by atomic mass is 10.2. The van der Waals surface area contributed by atoms with Crippen LogP contribution in [0.1, 0.15) is 20.3 Å². The van der Waals surface area contributed by atoms with Gasteiger partial charge >= 0.3 is 7.75 Å². The summed E-state index contributed by atoms with van der Waals surface area (Å²) in [5.41, 5.74) is -0.412. The molecule has 1 aliphatic heterocycles. The van der Waals surface area contributed by atoms with Crippen LogP contribution in [0.15, 0.2) is 24.7 Å². The number of amides is 1. The quantitative estimate of drug-likeness (QED) is 0.463. The minimum Gasteiger partial charge on any atom is -0.326 e. The van der Waals surface area contributed by atoms with Crippen LogP contribution in [0.4, 0.5) is 0 Å². The summed E-state index contributed by atoms with van der Waals surface area (Å²) >= 11 is 1.12. The number of carbonyl (C=O) groups is 2. The lowest BCUT2D eigenvalue weighted by Gasteiger charge is -2.36. The summed E-state index contributed by atoms with van der Waals surface area (Å²) in [5, 5.41) is 2.66. The van der Waals surface area contributed by atoms with Crippen LogP contribution >= 0.6 is 19.5 Å². The van der Waals surface area contributed by atoms with E-state index in [0.29, 0.717) is 11.6 Å². The zero-order valence-electron chi connectivity index (χ0n) is 15.6. The second-order valence-electron chi connectivity index (χ2n) is 6.59. The van der Waals surface area contributed by atoms with E-state index in [1.165, 1.54) is 17.7 Å². The number of thioether (sulfide) groups is 1. The number of nitrogens with one attached hydrogen (secondary N) is 1. The Morgan fingerprint density at radius 2 is 2.19 bits per heavy atom. The van der Waals surface area contributed by atoms with Gasteiger partial charge in [0.05, 0.1) is 18.8 Å². The van der Waals surface area contributed by atoms with E-state index >= 15 is 0 Å². The highest BCUT2D eigenvalue weighted by molar-refractivity contribution is 8.13. The molecular formula is C16H26N3O5PS. The molecule has 0 aromatic carbocycles. The first-order chi connectivity index (χ1) is 12.1. The third kappa shape index (κ3) is 4.78. The third-order valence-electron chi connectivity index (χ3n) is 4.44. The van der Waals surface area contributed by atoms with E-state index in [1.54, 1.807) is 20.3 Å². The molecule has 1 heterocycles. The Morgan fingerprint density at radius 1 is 1.54 bits per heavy atom. The Balaban J connectivity index is 2.01. The molecule has 0 radical (unpaired) electrons. The Labute approximate surface area is 158 Å². The first-order valence-corrected chi connectivity index (χ1v) is 10.8. The maximum absolute atomic E-state index is 13.0. The highest BCUT2D eigenvalue weighted by atomic mass is 32.2. The molecule has 1 fully saturated rings. The van der Waals surface area contributed by atoms with Crippen LogP contribution in [-0.4, -0.2) is 59.2 Å².